The second-order valence-corrected chi connectivity index (χ2v) is 6.42. The molecule has 0 radical (unpaired) electrons. The van der Waals surface area contributed by atoms with Gasteiger partial charge in [-0.2, -0.15) is 0 Å². The van der Waals surface area contributed by atoms with Gasteiger partial charge in [0.25, 0.3) is 0 Å². The number of sulfone groups is 1. The molecule has 11 heavy (non-hydrogen) atoms. The molecule has 0 aromatic carbocycles. The lowest BCUT2D eigenvalue weighted by Gasteiger charge is -2.15. The highest BCUT2D eigenvalue weighted by molar-refractivity contribution is 9.09. The minimum atomic E-state index is -3.07. The highest BCUT2D eigenvalue weighted by Crippen LogP contribution is 2.16. The predicted octanol–water partition coefficient (Wildman–Crippen LogP) is 2.11. The molecule has 0 bridgehead atoms. The van der Waals surface area contributed by atoms with Gasteiger partial charge in [-0.25, -0.2) is 8.42 Å². The van der Waals surface area contributed by atoms with Gasteiger partial charge in [0.2, 0.25) is 0 Å². The van der Waals surface area contributed by atoms with Gasteiger partial charge in [-0.15, -0.1) is 0 Å². The smallest absolute Gasteiger partial charge is 0.176 e. The standard InChI is InChI=1S/C7H13BrO2S/c1-7(2,3)11(9,10)6-4-5-8/h4,6H,5H2,1-3H3/b6-4+. The Hall–Kier alpha value is 0.170. The molecule has 0 spiro atoms. The lowest BCUT2D eigenvalue weighted by Crippen LogP contribution is -2.25. The van der Waals surface area contributed by atoms with Crippen LogP contribution in [0.2, 0.25) is 0 Å². The van der Waals surface area contributed by atoms with Gasteiger partial charge in [-0.1, -0.05) is 22.0 Å². The van der Waals surface area contributed by atoms with E-state index in [9.17, 15) is 8.42 Å². The van der Waals surface area contributed by atoms with Crippen LogP contribution in [0, 0.1) is 0 Å². The Morgan fingerprint density at radius 2 is 1.82 bits per heavy atom. The van der Waals surface area contributed by atoms with Crippen LogP contribution in [0.3, 0.4) is 0 Å². The van der Waals surface area contributed by atoms with Gasteiger partial charge in [-0.3, -0.25) is 0 Å². The van der Waals surface area contributed by atoms with Crippen LogP contribution in [0.25, 0.3) is 0 Å². The Kier molecular flexibility index (Phi) is 3.77. The van der Waals surface area contributed by atoms with Crippen molar-refractivity contribution in [2.45, 2.75) is 25.5 Å². The van der Waals surface area contributed by atoms with Crippen LogP contribution >= 0.6 is 15.9 Å². The maximum atomic E-state index is 11.3. The summed E-state index contributed by atoms with van der Waals surface area (Å²) in [5.74, 6) is 0. The molecule has 0 saturated carbocycles. The zero-order chi connectivity index (χ0) is 9.12. The van der Waals surface area contributed by atoms with Gasteiger partial charge < -0.3 is 0 Å². The van der Waals surface area contributed by atoms with E-state index in [0.717, 1.165) is 0 Å². The summed E-state index contributed by atoms with van der Waals surface area (Å²) >= 11 is 3.12. The molecule has 0 saturated heterocycles. The van der Waals surface area contributed by atoms with Crippen molar-refractivity contribution in [3.8, 4) is 0 Å². The lowest BCUT2D eigenvalue weighted by atomic mass is 10.3. The van der Waals surface area contributed by atoms with Crippen LogP contribution in [-0.4, -0.2) is 18.5 Å². The second-order valence-electron chi connectivity index (χ2n) is 3.18. The van der Waals surface area contributed by atoms with Crippen LogP contribution in [0.5, 0.6) is 0 Å². The van der Waals surface area contributed by atoms with E-state index in [2.05, 4.69) is 15.9 Å². The Bertz CT molecular complexity index is 234. The van der Waals surface area contributed by atoms with Crippen molar-refractivity contribution >= 4 is 25.8 Å². The zero-order valence-corrected chi connectivity index (χ0v) is 9.37. The summed E-state index contributed by atoms with van der Waals surface area (Å²) < 4.78 is 21.9. The van der Waals surface area contributed by atoms with Crippen LogP contribution in [0.1, 0.15) is 20.8 Å². The molecule has 66 valence electrons. The third-order valence-electron chi connectivity index (χ3n) is 1.22. The van der Waals surface area contributed by atoms with Crippen molar-refractivity contribution in [3.63, 3.8) is 0 Å². The van der Waals surface area contributed by atoms with Crippen LogP contribution in [0.15, 0.2) is 11.5 Å². The van der Waals surface area contributed by atoms with Crippen LogP contribution < -0.4 is 0 Å². The molecule has 0 rings (SSSR count). The molecule has 4 heteroatoms. The van der Waals surface area contributed by atoms with Gasteiger partial charge >= 0.3 is 0 Å². The van der Waals surface area contributed by atoms with Crippen molar-refractivity contribution in [1.82, 2.24) is 0 Å². The first-order valence-corrected chi connectivity index (χ1v) is 5.95. The first kappa shape index (κ1) is 11.2. The molecule has 0 fully saturated rings. The first-order chi connectivity index (χ1) is 4.81. The molecular weight excluding hydrogens is 228 g/mol. The third kappa shape index (κ3) is 3.38. The molecule has 2 nitrogen and oxygen atoms in total. The minimum Gasteiger partial charge on any atom is -0.224 e. The summed E-state index contributed by atoms with van der Waals surface area (Å²) in [6, 6.07) is 0. The monoisotopic (exact) mass is 240 g/mol. The number of hydrogen-bond acceptors (Lipinski definition) is 2. The van der Waals surface area contributed by atoms with Crippen molar-refractivity contribution in [2.24, 2.45) is 0 Å². The molecule has 0 aromatic heterocycles. The fraction of sp³-hybridized carbons (Fsp3) is 0.714. The predicted molar refractivity (Wildman–Crippen MR) is 51.6 cm³/mol. The number of hydrogen-bond donors (Lipinski definition) is 0. The zero-order valence-electron chi connectivity index (χ0n) is 6.96. The quantitative estimate of drug-likeness (QED) is 0.694. The normalized spacial score (nSPS) is 14.2. The van der Waals surface area contributed by atoms with Crippen LogP contribution in [0.4, 0.5) is 0 Å². The molecule has 0 aliphatic rings. The average Bonchev–Trinajstić information content (AvgIpc) is 1.81. The highest BCUT2D eigenvalue weighted by atomic mass is 79.9. The lowest BCUT2D eigenvalue weighted by molar-refractivity contribution is 0.570. The topological polar surface area (TPSA) is 34.1 Å². The molecule has 0 aliphatic heterocycles. The van der Waals surface area contributed by atoms with E-state index >= 15 is 0 Å². The maximum Gasteiger partial charge on any atom is 0.176 e. The summed E-state index contributed by atoms with van der Waals surface area (Å²) in [4.78, 5) is 0. The van der Waals surface area contributed by atoms with Gasteiger partial charge in [0.1, 0.15) is 0 Å². The van der Waals surface area contributed by atoms with Gasteiger partial charge in [-0.05, 0) is 20.8 Å². The molecule has 0 unspecified atom stereocenters. The van der Waals surface area contributed by atoms with Crippen LogP contribution in [-0.2, 0) is 9.84 Å². The number of halogens is 1. The fourth-order valence-electron chi connectivity index (χ4n) is 0.367. The first-order valence-electron chi connectivity index (χ1n) is 3.28. The maximum absolute atomic E-state index is 11.3. The highest BCUT2D eigenvalue weighted by Gasteiger charge is 2.25. The van der Waals surface area contributed by atoms with E-state index in [1.54, 1.807) is 26.8 Å². The minimum absolute atomic E-state index is 0.572. The van der Waals surface area contributed by atoms with E-state index in [-0.39, 0.29) is 0 Å². The summed E-state index contributed by atoms with van der Waals surface area (Å²) in [5, 5.41) is 1.82. The summed E-state index contributed by atoms with van der Waals surface area (Å²) in [6.07, 6.45) is 1.58. The number of alkyl halides is 1. The Morgan fingerprint density at radius 3 is 2.09 bits per heavy atom. The molecule has 0 heterocycles. The molecule has 0 amide bonds. The second kappa shape index (κ2) is 3.72. The average molecular weight is 241 g/mol. The van der Waals surface area contributed by atoms with Crippen molar-refractivity contribution in [3.05, 3.63) is 11.5 Å². The molecule has 0 aromatic rings. The van der Waals surface area contributed by atoms with Gasteiger partial charge in [0.05, 0.1) is 4.75 Å². The number of rotatable bonds is 2. The van der Waals surface area contributed by atoms with Crippen molar-refractivity contribution in [1.29, 1.82) is 0 Å². The Morgan fingerprint density at radius 1 is 1.36 bits per heavy atom. The molecular formula is C7H13BrO2S. The Labute approximate surface area is 76.7 Å². The third-order valence-corrected chi connectivity index (χ3v) is 3.85. The largest absolute Gasteiger partial charge is 0.224 e. The Balaban J connectivity index is 4.64. The fourth-order valence-corrected chi connectivity index (χ4v) is 1.56. The van der Waals surface area contributed by atoms with Gasteiger partial charge in [0, 0.05) is 10.7 Å². The summed E-state index contributed by atoms with van der Waals surface area (Å²) in [5.41, 5.74) is 0. The van der Waals surface area contributed by atoms with E-state index in [1.807, 2.05) is 0 Å². The summed E-state index contributed by atoms with van der Waals surface area (Å²) in [6.45, 7) is 5.04. The van der Waals surface area contributed by atoms with E-state index in [4.69, 9.17) is 0 Å². The SMILES string of the molecule is CC(C)(C)S(=O)(=O)/C=C/CBr. The van der Waals surface area contributed by atoms with Crippen molar-refractivity contribution in [2.75, 3.05) is 5.33 Å². The number of allylic oxidation sites excluding steroid dienone is 1. The molecule has 0 aliphatic carbocycles. The van der Waals surface area contributed by atoms with E-state index < -0.39 is 14.6 Å². The van der Waals surface area contributed by atoms with Gasteiger partial charge in [0.15, 0.2) is 9.84 Å². The molecule has 0 atom stereocenters. The van der Waals surface area contributed by atoms with E-state index in [0.29, 0.717) is 5.33 Å². The summed E-state index contributed by atoms with van der Waals surface area (Å²) in [7, 11) is -3.07. The van der Waals surface area contributed by atoms with Crippen molar-refractivity contribution < 1.29 is 8.42 Å². The van der Waals surface area contributed by atoms with E-state index in [1.165, 1.54) is 5.41 Å². The molecule has 0 N–H and O–H groups in total.